The number of fused-ring (bicyclic) bond motifs is 4. The fourth-order valence-electron chi connectivity index (χ4n) is 4.32. The van der Waals surface area contributed by atoms with Crippen molar-refractivity contribution in [3.05, 3.63) is 113 Å². The van der Waals surface area contributed by atoms with Gasteiger partial charge in [0.05, 0.1) is 11.3 Å². The largest absolute Gasteiger partial charge is 0.508 e. The molecule has 1 unspecified atom stereocenters. The van der Waals surface area contributed by atoms with Crippen LogP contribution in [-0.4, -0.2) is 30.4 Å². The molecule has 0 fully saturated rings. The Balaban J connectivity index is 1.38. The molecule has 1 N–H and O–H groups in total. The summed E-state index contributed by atoms with van der Waals surface area (Å²) in [7, 11) is 0. The SMILES string of the molecule is C/C(=N\OCc1nc2c3c(ncn2n1)Oc1cc(O)ccc1C3c1ccccc1)c1ccccc1. The lowest BCUT2D eigenvalue weighted by atomic mass is 9.84. The van der Waals surface area contributed by atoms with Crippen molar-refractivity contribution in [3.63, 3.8) is 0 Å². The van der Waals surface area contributed by atoms with E-state index in [1.54, 1.807) is 23.0 Å². The van der Waals surface area contributed by atoms with Gasteiger partial charge in [0.15, 0.2) is 18.1 Å². The Morgan fingerprint density at radius 3 is 2.63 bits per heavy atom. The predicted molar refractivity (Wildman–Crippen MR) is 130 cm³/mol. The molecule has 0 bridgehead atoms. The molecule has 3 heterocycles. The highest BCUT2D eigenvalue weighted by Crippen LogP contribution is 2.48. The van der Waals surface area contributed by atoms with Crippen LogP contribution in [0.15, 0.2) is 90.3 Å². The zero-order chi connectivity index (χ0) is 23.8. The highest BCUT2D eigenvalue weighted by atomic mass is 16.6. The first-order chi connectivity index (χ1) is 17.2. The Kier molecular flexibility index (Phi) is 5.11. The predicted octanol–water partition coefficient (Wildman–Crippen LogP) is 5.06. The average Bonchev–Trinajstić information content (AvgIpc) is 3.31. The zero-order valence-corrected chi connectivity index (χ0v) is 18.9. The summed E-state index contributed by atoms with van der Waals surface area (Å²) in [6.45, 7) is 2.01. The summed E-state index contributed by atoms with van der Waals surface area (Å²) in [5.74, 6) is 1.42. The number of aromatic nitrogens is 4. The maximum absolute atomic E-state index is 10.0. The number of benzene rings is 3. The van der Waals surface area contributed by atoms with Gasteiger partial charge in [0.2, 0.25) is 5.88 Å². The lowest BCUT2D eigenvalue weighted by molar-refractivity contribution is 0.125. The summed E-state index contributed by atoms with van der Waals surface area (Å²) >= 11 is 0. The number of rotatable bonds is 5. The Bertz CT molecular complexity index is 1550. The second kappa shape index (κ2) is 8.57. The minimum absolute atomic E-state index is 0.113. The molecular weight excluding hydrogens is 442 g/mol. The van der Waals surface area contributed by atoms with Gasteiger partial charge in [-0.3, -0.25) is 0 Å². The molecule has 8 nitrogen and oxygen atoms in total. The molecule has 0 amide bonds. The average molecular weight is 463 g/mol. The molecule has 6 rings (SSSR count). The second-order valence-electron chi connectivity index (χ2n) is 8.24. The lowest BCUT2D eigenvalue weighted by Crippen LogP contribution is -2.14. The van der Waals surface area contributed by atoms with E-state index in [2.05, 4.69) is 27.4 Å². The number of ether oxygens (including phenoxy) is 1. The summed E-state index contributed by atoms with van der Waals surface area (Å²) < 4.78 is 7.72. The minimum atomic E-state index is -0.192. The van der Waals surface area contributed by atoms with Crippen LogP contribution in [0.2, 0.25) is 0 Å². The van der Waals surface area contributed by atoms with Crippen LogP contribution in [0.25, 0.3) is 5.65 Å². The molecule has 1 atom stereocenters. The second-order valence-corrected chi connectivity index (χ2v) is 8.24. The van der Waals surface area contributed by atoms with Crippen molar-refractivity contribution >= 4 is 11.4 Å². The van der Waals surface area contributed by atoms with Crippen LogP contribution in [0.4, 0.5) is 0 Å². The Morgan fingerprint density at radius 1 is 1.06 bits per heavy atom. The maximum atomic E-state index is 10.0. The molecule has 1 aliphatic rings. The van der Waals surface area contributed by atoms with Gasteiger partial charge in [0.1, 0.15) is 17.8 Å². The van der Waals surface area contributed by atoms with Crippen molar-refractivity contribution in [2.75, 3.05) is 0 Å². The van der Waals surface area contributed by atoms with E-state index in [-0.39, 0.29) is 18.3 Å². The number of aromatic hydroxyl groups is 1. The molecule has 0 aliphatic carbocycles. The van der Waals surface area contributed by atoms with Crippen molar-refractivity contribution in [1.82, 2.24) is 19.6 Å². The van der Waals surface area contributed by atoms with Gasteiger partial charge in [-0.25, -0.2) is 14.5 Å². The van der Waals surface area contributed by atoms with Gasteiger partial charge in [-0.05, 0) is 24.1 Å². The van der Waals surface area contributed by atoms with E-state index in [1.807, 2.05) is 61.5 Å². The van der Waals surface area contributed by atoms with Crippen LogP contribution in [0.3, 0.4) is 0 Å². The van der Waals surface area contributed by atoms with E-state index >= 15 is 0 Å². The number of phenols is 1. The normalized spacial score (nSPS) is 14.8. The fourth-order valence-corrected chi connectivity index (χ4v) is 4.32. The van der Waals surface area contributed by atoms with Gasteiger partial charge < -0.3 is 14.7 Å². The fraction of sp³-hybridized carbons (Fsp3) is 0.111. The summed E-state index contributed by atoms with van der Waals surface area (Å²) in [6.07, 6.45) is 1.57. The van der Waals surface area contributed by atoms with Gasteiger partial charge in [0.25, 0.3) is 0 Å². The molecule has 5 aromatic rings. The van der Waals surface area contributed by atoms with E-state index in [9.17, 15) is 5.11 Å². The topological polar surface area (TPSA) is 94.1 Å². The number of oxime groups is 1. The van der Waals surface area contributed by atoms with Crippen molar-refractivity contribution in [2.24, 2.45) is 5.16 Å². The van der Waals surface area contributed by atoms with Gasteiger partial charge in [-0.15, -0.1) is 5.10 Å². The van der Waals surface area contributed by atoms with E-state index < -0.39 is 0 Å². The number of nitrogens with zero attached hydrogens (tertiary/aromatic N) is 5. The molecule has 172 valence electrons. The number of phenolic OH excluding ortho intramolecular Hbond substituents is 1. The van der Waals surface area contributed by atoms with Crippen molar-refractivity contribution in [2.45, 2.75) is 19.4 Å². The smallest absolute Gasteiger partial charge is 0.228 e. The molecule has 2 aromatic heterocycles. The number of hydrogen-bond acceptors (Lipinski definition) is 7. The van der Waals surface area contributed by atoms with E-state index in [1.165, 1.54) is 0 Å². The minimum Gasteiger partial charge on any atom is -0.508 e. The van der Waals surface area contributed by atoms with Crippen LogP contribution < -0.4 is 4.74 Å². The van der Waals surface area contributed by atoms with Crippen LogP contribution in [-0.2, 0) is 11.4 Å². The first-order valence-corrected chi connectivity index (χ1v) is 11.2. The van der Waals surface area contributed by atoms with Crippen molar-refractivity contribution in [3.8, 4) is 17.4 Å². The first-order valence-electron chi connectivity index (χ1n) is 11.2. The highest BCUT2D eigenvalue weighted by Gasteiger charge is 2.33. The summed E-state index contributed by atoms with van der Waals surface area (Å²) in [6, 6.07) is 25.0. The van der Waals surface area contributed by atoms with E-state index in [0.29, 0.717) is 23.1 Å². The summed E-state index contributed by atoms with van der Waals surface area (Å²) in [5, 5.41) is 18.8. The molecule has 3 aromatic carbocycles. The molecule has 1 aliphatic heterocycles. The molecular formula is C27H21N5O3. The summed E-state index contributed by atoms with van der Waals surface area (Å²) in [4.78, 5) is 14.8. The highest BCUT2D eigenvalue weighted by molar-refractivity contribution is 5.98. The van der Waals surface area contributed by atoms with Crippen LogP contribution in [0, 0.1) is 0 Å². The number of hydrogen-bond donors (Lipinski definition) is 1. The maximum Gasteiger partial charge on any atom is 0.228 e. The Labute approximate surface area is 201 Å². The van der Waals surface area contributed by atoms with Gasteiger partial charge in [0, 0.05) is 17.5 Å². The van der Waals surface area contributed by atoms with Crippen LogP contribution >= 0.6 is 0 Å². The third-order valence-corrected chi connectivity index (χ3v) is 5.95. The molecule has 0 radical (unpaired) electrons. The third-order valence-electron chi connectivity index (χ3n) is 5.95. The molecule has 0 spiro atoms. The summed E-state index contributed by atoms with van der Waals surface area (Å²) in [5.41, 5.74) is 5.17. The Morgan fingerprint density at radius 2 is 1.83 bits per heavy atom. The van der Waals surface area contributed by atoms with Crippen LogP contribution in [0.1, 0.15) is 40.9 Å². The van der Waals surface area contributed by atoms with Crippen molar-refractivity contribution in [1.29, 1.82) is 0 Å². The van der Waals surface area contributed by atoms with Gasteiger partial charge in [-0.1, -0.05) is 71.9 Å². The van der Waals surface area contributed by atoms with Crippen LogP contribution in [0.5, 0.6) is 17.4 Å². The molecule has 35 heavy (non-hydrogen) atoms. The molecule has 0 saturated carbocycles. The molecule has 8 heteroatoms. The lowest BCUT2D eigenvalue weighted by Gasteiger charge is -2.27. The molecule has 0 saturated heterocycles. The Hall–Kier alpha value is -4.72. The monoisotopic (exact) mass is 463 g/mol. The first kappa shape index (κ1) is 20.9. The third kappa shape index (κ3) is 3.85. The quantitative estimate of drug-likeness (QED) is 0.284. The van der Waals surface area contributed by atoms with Gasteiger partial charge in [-0.2, -0.15) is 0 Å². The van der Waals surface area contributed by atoms with Crippen molar-refractivity contribution < 1.29 is 14.7 Å². The van der Waals surface area contributed by atoms with E-state index in [4.69, 9.17) is 14.6 Å². The zero-order valence-electron chi connectivity index (χ0n) is 18.9. The van der Waals surface area contributed by atoms with Gasteiger partial charge >= 0.3 is 0 Å². The van der Waals surface area contributed by atoms with E-state index in [0.717, 1.165) is 28.0 Å². The standard InChI is InChI=1S/C27H21N5O3/c1-17(18-8-4-2-5-9-18)31-34-15-23-29-26-25-24(19-10-6-3-7-11-19)21-13-12-20(33)14-22(21)35-27(25)28-16-32(26)30-23/h2-14,16,24,33H,15H2,1H3/b31-17+.